The molecular formula is C16H13ClN3OS-. The van der Waals surface area contributed by atoms with Crippen LogP contribution in [0.25, 0.3) is 5.69 Å². The van der Waals surface area contributed by atoms with E-state index < -0.39 is 0 Å². The van der Waals surface area contributed by atoms with Crippen LogP contribution < -0.4 is 4.74 Å². The lowest BCUT2D eigenvalue weighted by atomic mass is 10.2. The number of rotatable bonds is 4. The number of hydrogen-bond acceptors (Lipinski definition) is 4. The molecule has 0 aliphatic carbocycles. The van der Waals surface area contributed by atoms with Gasteiger partial charge in [-0.2, -0.15) is 5.10 Å². The lowest BCUT2D eigenvalue weighted by Crippen LogP contribution is -2.06. The SMILES string of the molecule is Cc1ccc(-n2c([S-])nnc2COc2ccc(Cl)cc2)cc1. The Hall–Kier alpha value is -2.11. The molecule has 1 aromatic heterocycles. The van der Waals surface area contributed by atoms with Crippen LogP contribution in [-0.4, -0.2) is 14.8 Å². The topological polar surface area (TPSA) is 39.9 Å². The van der Waals surface area contributed by atoms with E-state index in [-0.39, 0.29) is 6.61 Å². The van der Waals surface area contributed by atoms with Crippen LogP contribution in [0.15, 0.2) is 53.7 Å². The van der Waals surface area contributed by atoms with Crippen LogP contribution >= 0.6 is 11.6 Å². The molecule has 22 heavy (non-hydrogen) atoms. The van der Waals surface area contributed by atoms with E-state index in [1.807, 2.05) is 47.9 Å². The maximum Gasteiger partial charge on any atom is 0.174 e. The first-order chi connectivity index (χ1) is 10.6. The van der Waals surface area contributed by atoms with E-state index in [4.69, 9.17) is 29.0 Å². The van der Waals surface area contributed by atoms with Crippen LogP contribution in [0.5, 0.6) is 5.75 Å². The number of ether oxygens (including phenoxy) is 1. The summed E-state index contributed by atoms with van der Waals surface area (Å²) >= 11 is 11.1. The first-order valence-electron chi connectivity index (χ1n) is 6.70. The number of aryl methyl sites for hydroxylation is 1. The highest BCUT2D eigenvalue weighted by atomic mass is 35.5. The van der Waals surface area contributed by atoms with E-state index in [0.29, 0.717) is 21.8 Å². The van der Waals surface area contributed by atoms with Gasteiger partial charge >= 0.3 is 0 Å². The molecule has 0 atom stereocenters. The van der Waals surface area contributed by atoms with Gasteiger partial charge < -0.3 is 21.9 Å². The zero-order chi connectivity index (χ0) is 15.5. The Morgan fingerprint density at radius 3 is 2.41 bits per heavy atom. The zero-order valence-corrected chi connectivity index (χ0v) is 13.4. The van der Waals surface area contributed by atoms with E-state index in [1.54, 1.807) is 12.1 Å². The third-order valence-electron chi connectivity index (χ3n) is 3.17. The van der Waals surface area contributed by atoms with Crippen molar-refractivity contribution in [2.24, 2.45) is 0 Å². The molecule has 0 N–H and O–H groups in total. The second-order valence-electron chi connectivity index (χ2n) is 4.81. The normalized spacial score (nSPS) is 10.6. The van der Waals surface area contributed by atoms with Gasteiger partial charge in [-0.3, -0.25) is 0 Å². The molecule has 2 aromatic carbocycles. The first-order valence-corrected chi connectivity index (χ1v) is 7.49. The largest absolute Gasteiger partial charge is 0.740 e. The summed E-state index contributed by atoms with van der Waals surface area (Å²) in [4.78, 5) is 0. The van der Waals surface area contributed by atoms with Gasteiger partial charge in [-0.15, -0.1) is 5.10 Å². The number of nitrogens with zero attached hydrogens (tertiary/aromatic N) is 3. The van der Waals surface area contributed by atoms with Crippen molar-refractivity contribution in [2.75, 3.05) is 0 Å². The molecule has 0 amide bonds. The fraction of sp³-hybridized carbons (Fsp3) is 0.125. The standard InChI is InChI=1S/C16H14ClN3OS/c1-11-2-6-13(7-3-11)20-15(18-19-16(20)22)10-21-14-8-4-12(17)5-9-14/h2-9H,10H2,1H3,(H,19,22)/p-1. The maximum atomic E-state index is 5.85. The van der Waals surface area contributed by atoms with Crippen LogP contribution in [0.1, 0.15) is 11.4 Å². The smallest absolute Gasteiger partial charge is 0.174 e. The van der Waals surface area contributed by atoms with Gasteiger partial charge in [0.25, 0.3) is 0 Å². The predicted molar refractivity (Wildman–Crippen MR) is 87.5 cm³/mol. The fourth-order valence-corrected chi connectivity index (χ4v) is 2.40. The molecule has 0 bridgehead atoms. The average molecular weight is 331 g/mol. The summed E-state index contributed by atoms with van der Waals surface area (Å²) in [5.41, 5.74) is 2.11. The van der Waals surface area contributed by atoms with Crippen molar-refractivity contribution in [1.29, 1.82) is 0 Å². The summed E-state index contributed by atoms with van der Waals surface area (Å²) in [5, 5.41) is 9.16. The second-order valence-corrected chi connectivity index (χ2v) is 5.61. The summed E-state index contributed by atoms with van der Waals surface area (Å²) in [5.74, 6) is 1.37. The summed E-state index contributed by atoms with van der Waals surface area (Å²) in [6.07, 6.45) is 0. The third kappa shape index (κ3) is 3.21. The number of hydrogen-bond donors (Lipinski definition) is 0. The lowest BCUT2D eigenvalue weighted by Gasteiger charge is -2.14. The van der Waals surface area contributed by atoms with Crippen molar-refractivity contribution in [3.63, 3.8) is 0 Å². The van der Waals surface area contributed by atoms with Gasteiger partial charge in [0, 0.05) is 15.9 Å². The minimum absolute atomic E-state index is 0.277. The molecule has 3 rings (SSSR count). The van der Waals surface area contributed by atoms with Gasteiger partial charge in [0.15, 0.2) is 5.82 Å². The molecule has 6 heteroatoms. The average Bonchev–Trinajstić information content (AvgIpc) is 2.89. The number of benzene rings is 2. The van der Waals surface area contributed by atoms with E-state index in [9.17, 15) is 0 Å². The van der Waals surface area contributed by atoms with Gasteiger partial charge in [-0.05, 0) is 43.3 Å². The highest BCUT2D eigenvalue weighted by Crippen LogP contribution is 2.18. The molecular weight excluding hydrogens is 318 g/mol. The Morgan fingerprint density at radius 1 is 1.05 bits per heavy atom. The van der Waals surface area contributed by atoms with E-state index in [0.717, 1.165) is 5.69 Å². The molecule has 0 saturated carbocycles. The highest BCUT2D eigenvalue weighted by Gasteiger charge is 2.08. The van der Waals surface area contributed by atoms with E-state index >= 15 is 0 Å². The molecule has 0 aliphatic heterocycles. The Balaban J connectivity index is 1.83. The van der Waals surface area contributed by atoms with Crippen molar-refractivity contribution in [3.05, 3.63) is 64.9 Å². The van der Waals surface area contributed by atoms with Gasteiger partial charge in [0.05, 0.1) is 0 Å². The number of halogens is 1. The summed E-state index contributed by atoms with van der Waals surface area (Å²) in [7, 11) is 0. The maximum absolute atomic E-state index is 5.85. The molecule has 0 saturated heterocycles. The Labute approximate surface area is 139 Å². The van der Waals surface area contributed by atoms with Crippen molar-refractivity contribution in [1.82, 2.24) is 14.8 Å². The van der Waals surface area contributed by atoms with Crippen LogP contribution in [0.2, 0.25) is 5.02 Å². The summed E-state index contributed by atoms with van der Waals surface area (Å²) in [6, 6.07) is 15.2. The molecule has 0 fully saturated rings. The van der Waals surface area contributed by atoms with Gasteiger partial charge in [0.2, 0.25) is 0 Å². The second kappa shape index (κ2) is 6.34. The summed E-state index contributed by atoms with van der Waals surface area (Å²) in [6.45, 7) is 2.31. The number of aromatic nitrogens is 3. The molecule has 0 spiro atoms. The zero-order valence-electron chi connectivity index (χ0n) is 11.9. The highest BCUT2D eigenvalue weighted by molar-refractivity contribution is 7.58. The fourth-order valence-electron chi connectivity index (χ4n) is 2.03. The Bertz CT molecular complexity index is 769. The monoisotopic (exact) mass is 330 g/mol. The van der Waals surface area contributed by atoms with Crippen LogP contribution in [-0.2, 0) is 19.2 Å². The molecule has 3 aromatic rings. The van der Waals surface area contributed by atoms with Gasteiger partial charge in [-0.25, -0.2) is 0 Å². The van der Waals surface area contributed by atoms with Crippen LogP contribution in [0, 0.1) is 6.92 Å². The Morgan fingerprint density at radius 2 is 1.73 bits per heavy atom. The van der Waals surface area contributed by atoms with Crippen molar-refractivity contribution < 1.29 is 4.74 Å². The quantitative estimate of drug-likeness (QED) is 0.684. The first kappa shape index (κ1) is 14.8. The van der Waals surface area contributed by atoms with Gasteiger partial charge in [0.1, 0.15) is 12.4 Å². The minimum atomic E-state index is 0.277. The van der Waals surface area contributed by atoms with Gasteiger partial charge in [-0.1, -0.05) is 29.3 Å². The molecule has 4 nitrogen and oxygen atoms in total. The molecule has 0 radical (unpaired) electrons. The van der Waals surface area contributed by atoms with E-state index in [1.165, 1.54) is 5.56 Å². The minimum Gasteiger partial charge on any atom is -0.740 e. The molecule has 0 aliphatic rings. The molecule has 0 unspecified atom stereocenters. The van der Waals surface area contributed by atoms with Crippen LogP contribution in [0.4, 0.5) is 0 Å². The van der Waals surface area contributed by atoms with Crippen LogP contribution in [0.3, 0.4) is 0 Å². The van der Waals surface area contributed by atoms with Crippen molar-refractivity contribution in [2.45, 2.75) is 18.7 Å². The summed E-state index contributed by atoms with van der Waals surface area (Å²) < 4.78 is 7.53. The van der Waals surface area contributed by atoms with E-state index in [2.05, 4.69) is 10.2 Å². The predicted octanol–water partition coefficient (Wildman–Crippen LogP) is 3.71. The Kier molecular flexibility index (Phi) is 4.27. The van der Waals surface area contributed by atoms with Crippen molar-refractivity contribution in [3.8, 4) is 11.4 Å². The molecule has 1 heterocycles. The third-order valence-corrected chi connectivity index (χ3v) is 3.69. The van der Waals surface area contributed by atoms with Crippen molar-refractivity contribution >= 4 is 24.2 Å². The lowest BCUT2D eigenvalue weighted by molar-refractivity contribution is 0.293. The molecule has 112 valence electrons.